The number of amides is 2. The largest absolute Gasteiger partial charge is 0.323 e. The number of anilines is 2. The van der Waals surface area contributed by atoms with Crippen LogP contribution in [0.2, 0.25) is 0 Å². The van der Waals surface area contributed by atoms with Gasteiger partial charge in [0.2, 0.25) is 0 Å². The molecule has 0 aliphatic rings. The van der Waals surface area contributed by atoms with Crippen LogP contribution in [0.25, 0.3) is 5.78 Å². The first-order chi connectivity index (χ1) is 14.4. The van der Waals surface area contributed by atoms with Gasteiger partial charge in [0, 0.05) is 27.9 Å². The lowest BCUT2D eigenvalue weighted by atomic mass is 10.3. The van der Waals surface area contributed by atoms with Gasteiger partial charge in [0.15, 0.2) is 0 Å². The molecule has 4 aromatic rings. The Hall–Kier alpha value is -3.53. The Bertz CT molecular complexity index is 1240. The van der Waals surface area contributed by atoms with Crippen molar-refractivity contribution in [1.29, 1.82) is 0 Å². The predicted molar refractivity (Wildman–Crippen MR) is 110 cm³/mol. The number of benzene rings is 2. The monoisotopic (exact) mass is 426 g/mol. The van der Waals surface area contributed by atoms with Gasteiger partial charge in [0.05, 0.1) is 5.69 Å². The van der Waals surface area contributed by atoms with E-state index in [0.717, 1.165) is 33.3 Å². The molecule has 0 unspecified atom stereocenters. The van der Waals surface area contributed by atoms with Gasteiger partial charge in [-0.15, -0.1) is 0 Å². The zero-order chi connectivity index (χ0) is 21.3. The van der Waals surface area contributed by atoms with Crippen LogP contribution in [-0.2, 0) is 0 Å². The lowest BCUT2D eigenvalue weighted by molar-refractivity contribution is 0.262. The van der Waals surface area contributed by atoms with Crippen molar-refractivity contribution in [1.82, 2.24) is 19.6 Å². The third-order valence-corrected chi connectivity index (χ3v) is 5.54. The molecular weight excluding hydrogens is 410 g/mol. The summed E-state index contributed by atoms with van der Waals surface area (Å²) in [5, 5.41) is 10.1. The van der Waals surface area contributed by atoms with Crippen LogP contribution < -0.4 is 10.6 Å². The smallest absolute Gasteiger partial charge is 0.308 e. The van der Waals surface area contributed by atoms with Gasteiger partial charge in [0.25, 0.3) is 5.78 Å². The molecule has 4 rings (SSSR count). The lowest BCUT2D eigenvalue weighted by Crippen LogP contribution is -2.20. The third kappa shape index (κ3) is 4.08. The minimum absolute atomic E-state index is 0.110. The fourth-order valence-electron chi connectivity index (χ4n) is 2.72. The second-order valence-electron chi connectivity index (χ2n) is 6.43. The van der Waals surface area contributed by atoms with E-state index < -0.39 is 17.7 Å². The number of nitrogens with zero attached hydrogens (tertiary/aromatic N) is 4. The number of carbonyl (C=O) groups is 1. The average molecular weight is 426 g/mol. The topological polar surface area (TPSA) is 84.2 Å². The van der Waals surface area contributed by atoms with Gasteiger partial charge in [-0.1, -0.05) is 11.8 Å². The average Bonchev–Trinajstić information content (AvgIpc) is 3.17. The number of hydrogen-bond acceptors (Lipinski definition) is 5. The second kappa shape index (κ2) is 8.07. The molecule has 0 bridgehead atoms. The summed E-state index contributed by atoms with van der Waals surface area (Å²) in [6, 6.07) is 9.44. The minimum Gasteiger partial charge on any atom is -0.308 e. The first-order valence-electron chi connectivity index (χ1n) is 8.88. The molecule has 7 nitrogen and oxygen atoms in total. The molecule has 2 N–H and O–H groups in total. The van der Waals surface area contributed by atoms with Gasteiger partial charge < -0.3 is 10.6 Å². The number of fused-ring (bicyclic) bond motifs is 1. The van der Waals surface area contributed by atoms with E-state index in [1.165, 1.54) is 18.1 Å². The van der Waals surface area contributed by atoms with Crippen LogP contribution in [0.1, 0.15) is 11.3 Å². The highest BCUT2D eigenvalue weighted by Crippen LogP contribution is 2.31. The SMILES string of the molecule is Cc1nc2ncnn2c(Sc2ccc(NC(=O)Nc3ccc(F)cc3F)cc2)c1C. The Morgan fingerprint density at radius 2 is 1.83 bits per heavy atom. The number of nitrogens with one attached hydrogen (secondary N) is 2. The number of halogens is 2. The molecule has 2 aromatic carbocycles. The number of aryl methyl sites for hydroxylation is 1. The molecule has 0 radical (unpaired) electrons. The quantitative estimate of drug-likeness (QED) is 0.458. The van der Waals surface area contributed by atoms with Crippen molar-refractivity contribution in [2.45, 2.75) is 23.8 Å². The molecule has 0 fully saturated rings. The fourth-order valence-corrected chi connectivity index (χ4v) is 3.73. The highest BCUT2D eigenvalue weighted by molar-refractivity contribution is 7.99. The van der Waals surface area contributed by atoms with E-state index in [-0.39, 0.29) is 5.69 Å². The number of urea groups is 1. The van der Waals surface area contributed by atoms with Crippen LogP contribution in [-0.4, -0.2) is 25.6 Å². The van der Waals surface area contributed by atoms with Gasteiger partial charge in [-0.05, 0) is 50.2 Å². The number of aromatic nitrogens is 4. The molecule has 0 aliphatic carbocycles. The van der Waals surface area contributed by atoms with Crippen LogP contribution in [0.3, 0.4) is 0 Å². The maximum absolute atomic E-state index is 13.7. The first kappa shape index (κ1) is 19.8. The van der Waals surface area contributed by atoms with E-state index in [0.29, 0.717) is 17.5 Å². The predicted octanol–water partition coefficient (Wildman–Crippen LogP) is 4.81. The van der Waals surface area contributed by atoms with Crippen molar-refractivity contribution in [3.63, 3.8) is 0 Å². The molecule has 2 amide bonds. The maximum Gasteiger partial charge on any atom is 0.323 e. The van der Waals surface area contributed by atoms with E-state index >= 15 is 0 Å². The van der Waals surface area contributed by atoms with Gasteiger partial charge >= 0.3 is 6.03 Å². The van der Waals surface area contributed by atoms with Crippen LogP contribution in [0.15, 0.2) is 58.7 Å². The van der Waals surface area contributed by atoms with E-state index in [2.05, 4.69) is 25.7 Å². The van der Waals surface area contributed by atoms with Crippen LogP contribution in [0, 0.1) is 25.5 Å². The lowest BCUT2D eigenvalue weighted by Gasteiger charge is -2.11. The number of rotatable bonds is 4. The summed E-state index contributed by atoms with van der Waals surface area (Å²) in [6.45, 7) is 3.89. The van der Waals surface area contributed by atoms with Gasteiger partial charge in [0.1, 0.15) is 23.0 Å². The summed E-state index contributed by atoms with van der Waals surface area (Å²) in [4.78, 5) is 21.6. The Balaban J connectivity index is 1.46. The van der Waals surface area contributed by atoms with E-state index in [4.69, 9.17) is 0 Å². The Morgan fingerprint density at radius 3 is 2.57 bits per heavy atom. The molecule has 10 heteroatoms. The molecule has 0 saturated heterocycles. The third-order valence-electron chi connectivity index (χ3n) is 4.36. The molecule has 30 heavy (non-hydrogen) atoms. The van der Waals surface area contributed by atoms with Gasteiger partial charge in [-0.25, -0.2) is 18.6 Å². The summed E-state index contributed by atoms with van der Waals surface area (Å²) in [6.07, 6.45) is 1.46. The summed E-state index contributed by atoms with van der Waals surface area (Å²) in [5.41, 5.74) is 2.29. The molecule has 0 saturated carbocycles. The normalized spacial score (nSPS) is 10.9. The minimum atomic E-state index is -0.848. The molecule has 2 aromatic heterocycles. The molecule has 152 valence electrons. The zero-order valence-electron chi connectivity index (χ0n) is 16.0. The van der Waals surface area contributed by atoms with E-state index in [1.54, 1.807) is 16.6 Å². The Kier molecular flexibility index (Phi) is 5.32. The summed E-state index contributed by atoms with van der Waals surface area (Å²) >= 11 is 1.50. The van der Waals surface area contributed by atoms with Crippen molar-refractivity contribution in [3.05, 3.63) is 71.7 Å². The molecule has 2 heterocycles. The van der Waals surface area contributed by atoms with Crippen molar-refractivity contribution >= 4 is 34.9 Å². The van der Waals surface area contributed by atoms with Gasteiger partial charge in [-0.2, -0.15) is 14.6 Å². The molecular formula is C20H16F2N6OS. The fraction of sp³-hybridized carbons (Fsp3) is 0.100. The molecule has 0 spiro atoms. The Morgan fingerprint density at radius 1 is 1.07 bits per heavy atom. The van der Waals surface area contributed by atoms with E-state index in [1.807, 2.05) is 26.0 Å². The maximum atomic E-state index is 13.7. The van der Waals surface area contributed by atoms with Crippen LogP contribution in [0.5, 0.6) is 0 Å². The highest BCUT2D eigenvalue weighted by Gasteiger charge is 2.13. The van der Waals surface area contributed by atoms with Gasteiger partial charge in [-0.3, -0.25) is 0 Å². The van der Waals surface area contributed by atoms with Crippen molar-refractivity contribution in [2.75, 3.05) is 10.6 Å². The first-order valence-corrected chi connectivity index (χ1v) is 9.70. The molecule has 0 aliphatic heterocycles. The number of carbonyl (C=O) groups excluding carboxylic acids is 1. The number of hydrogen-bond donors (Lipinski definition) is 2. The summed E-state index contributed by atoms with van der Waals surface area (Å²) in [5.74, 6) is -1.03. The van der Waals surface area contributed by atoms with Crippen molar-refractivity contribution < 1.29 is 13.6 Å². The summed E-state index contributed by atoms with van der Waals surface area (Å²) < 4.78 is 28.3. The highest BCUT2D eigenvalue weighted by atomic mass is 32.2. The van der Waals surface area contributed by atoms with Crippen LogP contribution >= 0.6 is 11.8 Å². The van der Waals surface area contributed by atoms with Crippen molar-refractivity contribution in [3.8, 4) is 0 Å². The standard InChI is InChI=1S/C20H16F2N6OS/c1-11-12(2)25-19-23-10-24-28(19)18(11)30-15-6-4-14(5-7-15)26-20(29)27-17-8-3-13(21)9-16(17)22/h3-10H,1-2H3,(H2,26,27,29). The summed E-state index contributed by atoms with van der Waals surface area (Å²) in [7, 11) is 0. The zero-order valence-corrected chi connectivity index (χ0v) is 16.8. The Labute approximate surface area is 174 Å². The molecule has 0 atom stereocenters. The van der Waals surface area contributed by atoms with E-state index in [9.17, 15) is 13.6 Å². The van der Waals surface area contributed by atoms with Crippen molar-refractivity contribution in [2.24, 2.45) is 0 Å². The second-order valence-corrected chi connectivity index (χ2v) is 7.49. The van der Waals surface area contributed by atoms with Crippen LogP contribution in [0.4, 0.5) is 25.0 Å².